The lowest BCUT2D eigenvalue weighted by Crippen LogP contribution is -2.40. The van der Waals surface area contributed by atoms with E-state index in [1.807, 2.05) is 31.2 Å². The smallest absolute Gasteiger partial charge is 0.262 e. The van der Waals surface area contributed by atoms with Gasteiger partial charge in [-0.3, -0.25) is 4.79 Å². The van der Waals surface area contributed by atoms with Crippen molar-refractivity contribution in [2.24, 2.45) is 0 Å². The number of nitrogens with one attached hydrogen (secondary N) is 1. The summed E-state index contributed by atoms with van der Waals surface area (Å²) in [4.78, 5) is 15.0. The molecule has 0 saturated carbocycles. The lowest BCUT2D eigenvalue weighted by atomic mass is 10.1. The van der Waals surface area contributed by atoms with Crippen molar-refractivity contribution in [1.29, 1.82) is 0 Å². The van der Waals surface area contributed by atoms with Gasteiger partial charge in [0.2, 0.25) is 0 Å². The number of morpholine rings is 1. The molecule has 0 aliphatic carbocycles. The number of ether oxygens (including phenoxy) is 3. The Morgan fingerprint density at radius 3 is 2.59 bits per heavy atom. The third kappa shape index (κ3) is 5.59. The highest BCUT2D eigenvalue weighted by Gasteiger charge is 2.20. The number of anilines is 1. The number of hydrogen-bond acceptors (Lipinski definition) is 5. The minimum Gasteiger partial charge on any atom is -0.493 e. The molecule has 3 rings (SSSR count). The summed E-state index contributed by atoms with van der Waals surface area (Å²) < 4.78 is 16.4. The van der Waals surface area contributed by atoms with Crippen LogP contribution < -0.4 is 14.8 Å². The normalized spacial score (nSPS) is 13.7. The summed E-state index contributed by atoms with van der Waals surface area (Å²) in [7, 11) is 1.52. The number of aryl methyl sites for hydroxylation is 1. The SMILES string of the molecule is COc1cc(C(=S)N2CCOCC2)cc(Cl)c1OCC(=O)Nc1ccc(C)cc1. The highest BCUT2D eigenvalue weighted by molar-refractivity contribution is 7.80. The molecule has 2 aromatic carbocycles. The second kappa shape index (κ2) is 9.91. The maximum atomic E-state index is 12.2. The number of carbonyl (C=O) groups excluding carboxylic acids is 1. The van der Waals surface area contributed by atoms with Crippen LogP contribution in [0.2, 0.25) is 5.02 Å². The first-order chi connectivity index (χ1) is 14.0. The molecule has 154 valence electrons. The Bertz CT molecular complexity index is 883. The van der Waals surface area contributed by atoms with Gasteiger partial charge in [0.15, 0.2) is 18.1 Å². The van der Waals surface area contributed by atoms with Crippen LogP contribution in [0.25, 0.3) is 0 Å². The van der Waals surface area contributed by atoms with E-state index >= 15 is 0 Å². The Balaban J connectivity index is 1.67. The summed E-state index contributed by atoms with van der Waals surface area (Å²) in [6.07, 6.45) is 0. The lowest BCUT2D eigenvalue weighted by Gasteiger charge is -2.29. The summed E-state index contributed by atoms with van der Waals surface area (Å²) in [5.41, 5.74) is 2.58. The van der Waals surface area contributed by atoms with E-state index in [1.54, 1.807) is 12.1 Å². The van der Waals surface area contributed by atoms with Gasteiger partial charge in [0.05, 0.1) is 25.3 Å². The predicted molar refractivity (Wildman–Crippen MR) is 117 cm³/mol. The van der Waals surface area contributed by atoms with E-state index in [0.717, 1.165) is 24.2 Å². The van der Waals surface area contributed by atoms with Gasteiger partial charge < -0.3 is 24.4 Å². The molecule has 6 nitrogen and oxygen atoms in total. The first kappa shape index (κ1) is 21.4. The fraction of sp³-hybridized carbons (Fsp3) is 0.333. The Morgan fingerprint density at radius 2 is 1.93 bits per heavy atom. The van der Waals surface area contributed by atoms with E-state index < -0.39 is 0 Å². The van der Waals surface area contributed by atoms with E-state index in [4.69, 9.17) is 38.0 Å². The molecule has 0 radical (unpaired) electrons. The van der Waals surface area contributed by atoms with Gasteiger partial charge in [-0.1, -0.05) is 41.5 Å². The lowest BCUT2D eigenvalue weighted by molar-refractivity contribution is -0.118. The highest BCUT2D eigenvalue weighted by Crippen LogP contribution is 2.37. The van der Waals surface area contributed by atoms with Crippen LogP contribution in [0.5, 0.6) is 11.5 Å². The molecule has 1 fully saturated rings. The van der Waals surface area contributed by atoms with Crippen molar-refractivity contribution >= 4 is 40.4 Å². The third-order valence-electron chi connectivity index (χ3n) is 4.46. The van der Waals surface area contributed by atoms with Crippen molar-refractivity contribution in [3.05, 3.63) is 52.5 Å². The molecule has 29 heavy (non-hydrogen) atoms. The molecule has 1 saturated heterocycles. The number of benzene rings is 2. The molecule has 1 N–H and O–H groups in total. The summed E-state index contributed by atoms with van der Waals surface area (Å²) in [5, 5.41) is 3.11. The van der Waals surface area contributed by atoms with Gasteiger partial charge in [-0.25, -0.2) is 0 Å². The van der Waals surface area contributed by atoms with Crippen molar-refractivity contribution in [1.82, 2.24) is 4.90 Å². The number of carbonyl (C=O) groups is 1. The fourth-order valence-corrected chi connectivity index (χ4v) is 3.47. The van der Waals surface area contributed by atoms with Gasteiger partial charge in [-0.15, -0.1) is 0 Å². The molecule has 0 spiro atoms. The number of thiocarbonyl (C=S) groups is 1. The standard InChI is InChI=1S/C21H23ClN2O4S/c1-14-3-5-16(6-4-14)23-19(25)13-28-20-17(22)11-15(12-18(20)26-2)21(29)24-7-9-27-10-8-24/h3-6,11-12H,7-10,13H2,1-2H3,(H,23,25). The van der Waals surface area contributed by atoms with Crippen LogP contribution >= 0.6 is 23.8 Å². The van der Waals surface area contributed by atoms with Crippen LogP contribution in [0, 0.1) is 6.92 Å². The summed E-state index contributed by atoms with van der Waals surface area (Å²) in [5.74, 6) is 0.438. The van der Waals surface area contributed by atoms with Crippen LogP contribution in [0.1, 0.15) is 11.1 Å². The molecule has 1 amide bonds. The zero-order chi connectivity index (χ0) is 20.8. The van der Waals surface area contributed by atoms with Gasteiger partial charge in [0.25, 0.3) is 5.91 Å². The molecule has 0 unspecified atom stereocenters. The minimum absolute atomic E-state index is 0.197. The largest absolute Gasteiger partial charge is 0.493 e. The topological polar surface area (TPSA) is 60.0 Å². The van der Waals surface area contributed by atoms with Crippen LogP contribution in [-0.4, -0.2) is 55.8 Å². The van der Waals surface area contributed by atoms with Gasteiger partial charge in [0.1, 0.15) is 4.99 Å². The van der Waals surface area contributed by atoms with Gasteiger partial charge in [0, 0.05) is 24.3 Å². The Morgan fingerprint density at radius 1 is 1.24 bits per heavy atom. The molecule has 0 atom stereocenters. The molecule has 1 aliphatic heterocycles. The van der Waals surface area contributed by atoms with E-state index in [2.05, 4.69) is 10.2 Å². The number of rotatable bonds is 6. The van der Waals surface area contributed by atoms with Crippen molar-refractivity contribution in [2.45, 2.75) is 6.92 Å². The summed E-state index contributed by atoms with van der Waals surface area (Å²) in [6.45, 7) is 4.53. The van der Waals surface area contributed by atoms with Gasteiger partial charge >= 0.3 is 0 Å². The minimum atomic E-state index is -0.292. The van der Waals surface area contributed by atoms with Crippen LogP contribution in [0.4, 0.5) is 5.69 Å². The Labute approximate surface area is 180 Å². The zero-order valence-corrected chi connectivity index (χ0v) is 17.9. The summed E-state index contributed by atoms with van der Waals surface area (Å²) >= 11 is 12.0. The predicted octanol–water partition coefficient (Wildman–Crippen LogP) is 3.68. The fourth-order valence-electron chi connectivity index (χ4n) is 2.90. The number of nitrogens with zero attached hydrogens (tertiary/aromatic N) is 1. The maximum Gasteiger partial charge on any atom is 0.262 e. The van der Waals surface area contributed by atoms with Gasteiger partial charge in [-0.2, -0.15) is 0 Å². The third-order valence-corrected chi connectivity index (χ3v) is 5.23. The first-order valence-electron chi connectivity index (χ1n) is 9.22. The van der Waals surface area contributed by atoms with E-state index in [9.17, 15) is 4.79 Å². The average molecular weight is 435 g/mol. The molecule has 0 aromatic heterocycles. The number of hydrogen-bond donors (Lipinski definition) is 1. The van der Waals surface area contributed by atoms with Crippen molar-refractivity contribution in [3.8, 4) is 11.5 Å². The second-order valence-corrected chi connectivity index (χ2v) is 7.39. The quantitative estimate of drug-likeness (QED) is 0.700. The molecular formula is C21H23ClN2O4S. The van der Waals surface area contributed by atoms with E-state index in [1.165, 1.54) is 7.11 Å². The monoisotopic (exact) mass is 434 g/mol. The number of amides is 1. The van der Waals surface area contributed by atoms with E-state index in [-0.39, 0.29) is 12.5 Å². The van der Waals surface area contributed by atoms with Gasteiger partial charge in [-0.05, 0) is 31.2 Å². The second-order valence-electron chi connectivity index (χ2n) is 6.60. The molecule has 2 aromatic rings. The Hall–Kier alpha value is -2.35. The summed E-state index contributed by atoms with van der Waals surface area (Å²) in [6, 6.07) is 11.0. The molecular weight excluding hydrogens is 412 g/mol. The number of methoxy groups -OCH3 is 1. The molecule has 1 aliphatic rings. The maximum absolute atomic E-state index is 12.2. The van der Waals surface area contributed by atoms with Crippen LogP contribution in [0.15, 0.2) is 36.4 Å². The average Bonchev–Trinajstić information content (AvgIpc) is 2.74. The molecule has 8 heteroatoms. The van der Waals surface area contributed by atoms with Crippen LogP contribution in [-0.2, 0) is 9.53 Å². The van der Waals surface area contributed by atoms with Crippen molar-refractivity contribution in [3.63, 3.8) is 0 Å². The molecule has 1 heterocycles. The van der Waals surface area contributed by atoms with Crippen molar-refractivity contribution < 1.29 is 19.0 Å². The molecule has 0 bridgehead atoms. The van der Waals surface area contributed by atoms with Crippen molar-refractivity contribution in [2.75, 3.05) is 45.3 Å². The highest BCUT2D eigenvalue weighted by atomic mass is 35.5. The van der Waals surface area contributed by atoms with E-state index in [0.29, 0.717) is 40.4 Å². The first-order valence-corrected chi connectivity index (χ1v) is 10.0. The Kier molecular flexibility index (Phi) is 7.30. The number of halogens is 1. The van der Waals surface area contributed by atoms with Crippen LogP contribution in [0.3, 0.4) is 0 Å². The zero-order valence-electron chi connectivity index (χ0n) is 16.4.